The maximum absolute atomic E-state index is 4.17. The van der Waals surface area contributed by atoms with Crippen LogP contribution in [0.4, 0.5) is 0 Å². The molecule has 1 aromatic rings. The first-order valence-corrected chi connectivity index (χ1v) is 6.03. The van der Waals surface area contributed by atoms with Crippen LogP contribution in [0.5, 0.6) is 0 Å². The van der Waals surface area contributed by atoms with E-state index in [2.05, 4.69) is 35.5 Å². The lowest BCUT2D eigenvalue weighted by Gasteiger charge is -2.19. The molecule has 0 spiro atoms. The second-order valence-corrected chi connectivity index (χ2v) is 4.95. The van der Waals surface area contributed by atoms with Crippen molar-refractivity contribution in [2.24, 2.45) is 7.05 Å². The van der Waals surface area contributed by atoms with Gasteiger partial charge in [-0.15, -0.1) is 0 Å². The van der Waals surface area contributed by atoms with Crippen LogP contribution in [0.3, 0.4) is 0 Å². The first kappa shape index (κ1) is 11.6. The molecule has 2 rings (SSSR count). The third kappa shape index (κ3) is 2.62. The molecule has 4 nitrogen and oxygen atoms in total. The molecule has 1 aliphatic carbocycles. The van der Waals surface area contributed by atoms with Gasteiger partial charge in [-0.1, -0.05) is 0 Å². The molecular formula is C12H22N4. The van der Waals surface area contributed by atoms with E-state index in [1.165, 1.54) is 25.0 Å². The van der Waals surface area contributed by atoms with Gasteiger partial charge < -0.3 is 10.2 Å². The van der Waals surface area contributed by atoms with Gasteiger partial charge in [0.1, 0.15) is 0 Å². The highest BCUT2D eigenvalue weighted by atomic mass is 15.3. The molecule has 0 saturated heterocycles. The molecule has 2 atom stereocenters. The average Bonchev–Trinajstić information content (AvgIpc) is 2.83. The van der Waals surface area contributed by atoms with Crippen LogP contribution >= 0.6 is 0 Å². The molecule has 0 radical (unpaired) electrons. The van der Waals surface area contributed by atoms with Crippen LogP contribution in [-0.2, 0) is 13.6 Å². The van der Waals surface area contributed by atoms with Gasteiger partial charge in [-0.3, -0.25) is 4.68 Å². The van der Waals surface area contributed by atoms with E-state index in [-0.39, 0.29) is 0 Å². The zero-order valence-corrected chi connectivity index (χ0v) is 10.5. The SMILES string of the molecule is CN(C)C1CCC(NCc2ccnn2C)C1. The van der Waals surface area contributed by atoms with Crippen LogP contribution in [0.1, 0.15) is 25.0 Å². The number of aryl methyl sites for hydroxylation is 1. The summed E-state index contributed by atoms with van der Waals surface area (Å²) < 4.78 is 1.94. The molecule has 90 valence electrons. The summed E-state index contributed by atoms with van der Waals surface area (Å²) in [4.78, 5) is 2.34. The highest BCUT2D eigenvalue weighted by Gasteiger charge is 2.25. The number of nitrogens with one attached hydrogen (secondary N) is 1. The summed E-state index contributed by atoms with van der Waals surface area (Å²) in [7, 11) is 6.34. The molecule has 2 unspecified atom stereocenters. The summed E-state index contributed by atoms with van der Waals surface area (Å²) in [6.45, 7) is 0.932. The van der Waals surface area contributed by atoms with Gasteiger partial charge in [0.25, 0.3) is 0 Å². The van der Waals surface area contributed by atoms with Crippen LogP contribution in [0, 0.1) is 0 Å². The third-order valence-electron chi connectivity index (χ3n) is 3.63. The minimum Gasteiger partial charge on any atom is -0.308 e. The second-order valence-electron chi connectivity index (χ2n) is 4.95. The molecule has 0 amide bonds. The Morgan fingerprint density at radius 2 is 2.31 bits per heavy atom. The van der Waals surface area contributed by atoms with Gasteiger partial charge in [0, 0.05) is 31.9 Å². The molecule has 1 fully saturated rings. The molecule has 1 aromatic heterocycles. The number of hydrogen-bond donors (Lipinski definition) is 1. The summed E-state index contributed by atoms with van der Waals surface area (Å²) in [6, 6.07) is 3.50. The fourth-order valence-electron chi connectivity index (χ4n) is 2.44. The Labute approximate surface area is 97.6 Å². The predicted octanol–water partition coefficient (Wildman–Crippen LogP) is 0.992. The first-order chi connectivity index (χ1) is 7.66. The fraction of sp³-hybridized carbons (Fsp3) is 0.750. The summed E-state index contributed by atoms with van der Waals surface area (Å²) in [5.74, 6) is 0. The van der Waals surface area contributed by atoms with E-state index >= 15 is 0 Å². The second kappa shape index (κ2) is 4.97. The Hall–Kier alpha value is -0.870. The van der Waals surface area contributed by atoms with Crippen LogP contribution in [0.15, 0.2) is 12.3 Å². The number of hydrogen-bond acceptors (Lipinski definition) is 3. The Morgan fingerprint density at radius 1 is 1.50 bits per heavy atom. The first-order valence-electron chi connectivity index (χ1n) is 6.03. The average molecular weight is 222 g/mol. The largest absolute Gasteiger partial charge is 0.308 e. The summed E-state index contributed by atoms with van der Waals surface area (Å²) in [5, 5.41) is 7.80. The van der Waals surface area contributed by atoms with Gasteiger partial charge in [0.05, 0.1) is 5.69 Å². The zero-order chi connectivity index (χ0) is 11.5. The standard InChI is InChI=1S/C12H22N4/c1-15(2)11-5-4-10(8-11)13-9-12-6-7-14-16(12)3/h6-7,10-11,13H,4-5,8-9H2,1-3H3. The lowest BCUT2D eigenvalue weighted by Crippen LogP contribution is -2.30. The molecule has 4 heteroatoms. The maximum Gasteiger partial charge on any atom is 0.0518 e. The topological polar surface area (TPSA) is 33.1 Å². The van der Waals surface area contributed by atoms with Gasteiger partial charge >= 0.3 is 0 Å². The molecule has 0 bridgehead atoms. The number of rotatable bonds is 4. The van der Waals surface area contributed by atoms with Crippen LogP contribution < -0.4 is 5.32 Å². The van der Waals surface area contributed by atoms with E-state index in [0.29, 0.717) is 6.04 Å². The molecule has 1 heterocycles. The van der Waals surface area contributed by atoms with E-state index in [0.717, 1.165) is 12.6 Å². The van der Waals surface area contributed by atoms with Crippen molar-refractivity contribution in [3.63, 3.8) is 0 Å². The molecule has 0 aromatic carbocycles. The maximum atomic E-state index is 4.17. The highest BCUT2D eigenvalue weighted by molar-refractivity contribution is 5.00. The van der Waals surface area contributed by atoms with Crippen molar-refractivity contribution in [1.29, 1.82) is 0 Å². The van der Waals surface area contributed by atoms with Gasteiger partial charge in [-0.25, -0.2) is 0 Å². The molecule has 16 heavy (non-hydrogen) atoms. The third-order valence-corrected chi connectivity index (χ3v) is 3.63. The van der Waals surface area contributed by atoms with Gasteiger partial charge in [-0.05, 0) is 39.4 Å². The van der Waals surface area contributed by atoms with E-state index in [4.69, 9.17) is 0 Å². The van der Waals surface area contributed by atoms with Crippen molar-refractivity contribution in [2.45, 2.75) is 37.9 Å². The minimum atomic E-state index is 0.669. The zero-order valence-electron chi connectivity index (χ0n) is 10.5. The number of nitrogens with zero attached hydrogens (tertiary/aromatic N) is 3. The molecule has 1 saturated carbocycles. The monoisotopic (exact) mass is 222 g/mol. The van der Waals surface area contributed by atoms with Crippen LogP contribution in [0.25, 0.3) is 0 Å². The van der Waals surface area contributed by atoms with Crippen molar-refractivity contribution in [3.05, 3.63) is 18.0 Å². The Kier molecular flexibility index (Phi) is 3.61. The quantitative estimate of drug-likeness (QED) is 0.825. The molecule has 1 N–H and O–H groups in total. The van der Waals surface area contributed by atoms with Crippen LogP contribution in [-0.4, -0.2) is 40.9 Å². The normalized spacial score (nSPS) is 25.5. The Bertz CT molecular complexity index is 332. The van der Waals surface area contributed by atoms with Crippen molar-refractivity contribution in [1.82, 2.24) is 20.0 Å². The lowest BCUT2D eigenvalue weighted by atomic mass is 10.2. The van der Waals surface area contributed by atoms with Gasteiger partial charge in [0.2, 0.25) is 0 Å². The van der Waals surface area contributed by atoms with Crippen LogP contribution in [0.2, 0.25) is 0 Å². The number of aromatic nitrogens is 2. The Morgan fingerprint density at radius 3 is 2.88 bits per heavy atom. The molecule has 1 aliphatic rings. The summed E-state index contributed by atoms with van der Waals surface area (Å²) in [5.41, 5.74) is 1.26. The fourth-order valence-corrected chi connectivity index (χ4v) is 2.44. The van der Waals surface area contributed by atoms with Crippen molar-refractivity contribution in [2.75, 3.05) is 14.1 Å². The van der Waals surface area contributed by atoms with E-state index in [1.54, 1.807) is 0 Å². The van der Waals surface area contributed by atoms with E-state index < -0.39 is 0 Å². The summed E-state index contributed by atoms with van der Waals surface area (Å²) >= 11 is 0. The van der Waals surface area contributed by atoms with Gasteiger partial charge in [0.15, 0.2) is 0 Å². The molecular weight excluding hydrogens is 200 g/mol. The highest BCUT2D eigenvalue weighted by Crippen LogP contribution is 2.22. The van der Waals surface area contributed by atoms with Gasteiger partial charge in [-0.2, -0.15) is 5.10 Å². The van der Waals surface area contributed by atoms with Crippen molar-refractivity contribution < 1.29 is 0 Å². The van der Waals surface area contributed by atoms with Crippen molar-refractivity contribution >= 4 is 0 Å². The van der Waals surface area contributed by atoms with E-state index in [1.807, 2.05) is 17.9 Å². The van der Waals surface area contributed by atoms with E-state index in [9.17, 15) is 0 Å². The molecule has 0 aliphatic heterocycles. The smallest absolute Gasteiger partial charge is 0.0518 e. The lowest BCUT2D eigenvalue weighted by molar-refractivity contribution is 0.293. The van der Waals surface area contributed by atoms with Crippen molar-refractivity contribution in [3.8, 4) is 0 Å². The Balaban J connectivity index is 1.78. The minimum absolute atomic E-state index is 0.669. The predicted molar refractivity (Wildman–Crippen MR) is 65.2 cm³/mol. The summed E-state index contributed by atoms with van der Waals surface area (Å²) in [6.07, 6.45) is 5.73.